The molecule has 0 bridgehead atoms. The Balaban J connectivity index is 2.74. The summed E-state index contributed by atoms with van der Waals surface area (Å²) in [6.45, 7) is 7.99. The molecule has 0 spiro atoms. The summed E-state index contributed by atoms with van der Waals surface area (Å²) in [5.41, 5.74) is 0. The van der Waals surface area contributed by atoms with Crippen molar-refractivity contribution in [1.29, 1.82) is 0 Å². The first-order valence-corrected chi connectivity index (χ1v) is 6.06. The lowest BCUT2D eigenvalue weighted by Gasteiger charge is -2.19. The number of hydrogen-bond donors (Lipinski definition) is 1. The highest BCUT2D eigenvalue weighted by molar-refractivity contribution is 4.98. The van der Waals surface area contributed by atoms with E-state index in [0.717, 1.165) is 25.1 Å². The van der Waals surface area contributed by atoms with E-state index in [-0.39, 0.29) is 5.92 Å². The minimum atomic E-state index is -0.459. The van der Waals surface area contributed by atoms with Crippen LogP contribution in [0.5, 0.6) is 0 Å². The largest absolute Gasteiger partial charge is 0.393 e. The lowest BCUT2D eigenvalue weighted by atomic mass is 9.91. The van der Waals surface area contributed by atoms with Crippen molar-refractivity contribution < 1.29 is 9.63 Å². The SMILES string of the molecule is CCCCc1noc(C(C(C)C)C(C)O)n1. The standard InChI is InChI=1S/C12H22N2O2/c1-5-6-7-10-13-12(16-14-10)11(8(2)3)9(4)15/h8-9,11,15H,5-7H2,1-4H3. The van der Waals surface area contributed by atoms with Crippen molar-refractivity contribution in [3.05, 3.63) is 11.7 Å². The van der Waals surface area contributed by atoms with Crippen molar-refractivity contribution in [2.75, 3.05) is 0 Å². The van der Waals surface area contributed by atoms with Crippen molar-refractivity contribution in [1.82, 2.24) is 10.1 Å². The fourth-order valence-electron chi connectivity index (χ4n) is 1.89. The van der Waals surface area contributed by atoms with Crippen molar-refractivity contribution in [2.45, 2.75) is 59.0 Å². The Hall–Kier alpha value is -0.900. The van der Waals surface area contributed by atoms with Crippen LogP contribution in [-0.2, 0) is 6.42 Å². The molecule has 1 rings (SSSR count). The van der Waals surface area contributed by atoms with Gasteiger partial charge in [0.2, 0.25) is 5.89 Å². The van der Waals surface area contributed by atoms with E-state index in [4.69, 9.17) is 4.52 Å². The molecule has 2 atom stereocenters. The van der Waals surface area contributed by atoms with Crippen LogP contribution >= 0.6 is 0 Å². The predicted molar refractivity (Wildman–Crippen MR) is 62.2 cm³/mol. The molecular formula is C12H22N2O2. The third-order valence-electron chi connectivity index (χ3n) is 2.76. The van der Waals surface area contributed by atoms with Crippen molar-refractivity contribution >= 4 is 0 Å². The van der Waals surface area contributed by atoms with E-state index in [2.05, 4.69) is 17.1 Å². The molecule has 4 nitrogen and oxygen atoms in total. The van der Waals surface area contributed by atoms with Crippen LogP contribution in [0.4, 0.5) is 0 Å². The van der Waals surface area contributed by atoms with E-state index >= 15 is 0 Å². The molecule has 0 amide bonds. The molecule has 1 N–H and O–H groups in total. The minimum Gasteiger partial charge on any atom is -0.393 e. The molecule has 0 aliphatic heterocycles. The smallest absolute Gasteiger partial charge is 0.232 e. The Kier molecular flexibility index (Phi) is 4.93. The number of aromatic nitrogens is 2. The average Bonchev–Trinajstić information content (AvgIpc) is 2.62. The summed E-state index contributed by atoms with van der Waals surface area (Å²) in [6, 6.07) is 0. The van der Waals surface area contributed by atoms with Crippen molar-refractivity contribution in [3.63, 3.8) is 0 Å². The van der Waals surface area contributed by atoms with Gasteiger partial charge >= 0.3 is 0 Å². The molecule has 2 unspecified atom stereocenters. The monoisotopic (exact) mass is 226 g/mol. The van der Waals surface area contributed by atoms with Gasteiger partial charge in [0.25, 0.3) is 0 Å². The first-order chi connectivity index (χ1) is 7.56. The number of aliphatic hydroxyl groups is 1. The Morgan fingerprint density at radius 3 is 2.50 bits per heavy atom. The zero-order valence-electron chi connectivity index (χ0n) is 10.6. The lowest BCUT2D eigenvalue weighted by molar-refractivity contribution is 0.120. The van der Waals surface area contributed by atoms with E-state index in [0.29, 0.717) is 11.8 Å². The summed E-state index contributed by atoms with van der Waals surface area (Å²) in [5.74, 6) is 1.54. The molecule has 0 aromatic carbocycles. The predicted octanol–water partition coefficient (Wildman–Crippen LogP) is 2.53. The maximum absolute atomic E-state index is 9.69. The lowest BCUT2D eigenvalue weighted by Crippen LogP contribution is -2.20. The van der Waals surface area contributed by atoms with Gasteiger partial charge in [-0.1, -0.05) is 32.3 Å². The van der Waals surface area contributed by atoms with Crippen LogP contribution in [0.25, 0.3) is 0 Å². The molecule has 1 aromatic rings. The second kappa shape index (κ2) is 5.99. The normalized spacial score (nSPS) is 15.4. The second-order valence-electron chi connectivity index (χ2n) is 4.66. The Morgan fingerprint density at radius 1 is 1.31 bits per heavy atom. The van der Waals surface area contributed by atoms with Crippen LogP contribution in [0.2, 0.25) is 0 Å². The van der Waals surface area contributed by atoms with Gasteiger partial charge in [-0.3, -0.25) is 0 Å². The summed E-state index contributed by atoms with van der Waals surface area (Å²) in [4.78, 5) is 4.35. The molecule has 0 saturated carbocycles. The molecule has 0 saturated heterocycles. The molecular weight excluding hydrogens is 204 g/mol. The highest BCUT2D eigenvalue weighted by atomic mass is 16.5. The number of unbranched alkanes of at least 4 members (excludes halogenated alkanes) is 1. The van der Waals surface area contributed by atoms with Gasteiger partial charge in [0.1, 0.15) is 0 Å². The molecule has 4 heteroatoms. The highest BCUT2D eigenvalue weighted by Crippen LogP contribution is 2.26. The van der Waals surface area contributed by atoms with Crippen LogP contribution in [0.1, 0.15) is 58.2 Å². The maximum Gasteiger partial charge on any atom is 0.232 e. The first kappa shape index (κ1) is 13.2. The number of hydrogen-bond acceptors (Lipinski definition) is 4. The van der Waals surface area contributed by atoms with Crippen LogP contribution < -0.4 is 0 Å². The van der Waals surface area contributed by atoms with Gasteiger partial charge in [0.05, 0.1) is 12.0 Å². The van der Waals surface area contributed by atoms with E-state index in [9.17, 15) is 5.11 Å². The summed E-state index contributed by atoms with van der Waals surface area (Å²) in [5, 5.41) is 13.6. The maximum atomic E-state index is 9.69. The second-order valence-corrected chi connectivity index (χ2v) is 4.66. The summed E-state index contributed by atoms with van der Waals surface area (Å²) < 4.78 is 5.23. The van der Waals surface area contributed by atoms with Gasteiger partial charge in [-0.15, -0.1) is 0 Å². The average molecular weight is 226 g/mol. The number of aliphatic hydroxyl groups excluding tert-OH is 1. The van der Waals surface area contributed by atoms with Crippen LogP contribution in [-0.4, -0.2) is 21.4 Å². The third kappa shape index (κ3) is 3.30. The first-order valence-electron chi connectivity index (χ1n) is 6.06. The van der Waals surface area contributed by atoms with Gasteiger partial charge in [0, 0.05) is 6.42 Å². The molecule has 0 fully saturated rings. The minimum absolute atomic E-state index is 0.0668. The van der Waals surface area contributed by atoms with E-state index in [1.807, 2.05) is 13.8 Å². The molecule has 1 aromatic heterocycles. The van der Waals surface area contributed by atoms with Gasteiger partial charge in [-0.2, -0.15) is 4.98 Å². The fourth-order valence-corrected chi connectivity index (χ4v) is 1.89. The summed E-state index contributed by atoms with van der Waals surface area (Å²) in [7, 11) is 0. The van der Waals surface area contributed by atoms with Gasteiger partial charge in [-0.25, -0.2) is 0 Å². The quantitative estimate of drug-likeness (QED) is 0.809. The topological polar surface area (TPSA) is 59.2 Å². The highest BCUT2D eigenvalue weighted by Gasteiger charge is 2.26. The van der Waals surface area contributed by atoms with Crippen molar-refractivity contribution in [2.24, 2.45) is 5.92 Å². The number of nitrogens with zero attached hydrogens (tertiary/aromatic N) is 2. The Morgan fingerprint density at radius 2 is 2.00 bits per heavy atom. The summed E-state index contributed by atoms with van der Waals surface area (Å²) in [6.07, 6.45) is 2.58. The van der Waals surface area contributed by atoms with Crippen LogP contribution in [0, 0.1) is 5.92 Å². The molecule has 0 aliphatic rings. The van der Waals surface area contributed by atoms with Gasteiger partial charge < -0.3 is 9.63 Å². The van der Waals surface area contributed by atoms with E-state index < -0.39 is 6.10 Å². The van der Waals surface area contributed by atoms with Crippen LogP contribution in [0.3, 0.4) is 0 Å². The molecule has 16 heavy (non-hydrogen) atoms. The summed E-state index contributed by atoms with van der Waals surface area (Å²) >= 11 is 0. The fraction of sp³-hybridized carbons (Fsp3) is 0.833. The Labute approximate surface area is 97.1 Å². The van der Waals surface area contributed by atoms with E-state index in [1.165, 1.54) is 0 Å². The van der Waals surface area contributed by atoms with Gasteiger partial charge in [0.15, 0.2) is 5.82 Å². The molecule has 0 radical (unpaired) electrons. The van der Waals surface area contributed by atoms with Crippen LogP contribution in [0.15, 0.2) is 4.52 Å². The molecule has 0 aliphatic carbocycles. The van der Waals surface area contributed by atoms with Crippen molar-refractivity contribution in [3.8, 4) is 0 Å². The number of aryl methyl sites for hydroxylation is 1. The zero-order valence-corrected chi connectivity index (χ0v) is 10.6. The van der Waals surface area contributed by atoms with E-state index in [1.54, 1.807) is 6.92 Å². The number of rotatable bonds is 6. The van der Waals surface area contributed by atoms with Gasteiger partial charge in [-0.05, 0) is 19.3 Å². The Bertz CT molecular complexity index is 300. The third-order valence-corrected chi connectivity index (χ3v) is 2.76. The molecule has 1 heterocycles. The zero-order chi connectivity index (χ0) is 12.1. The molecule has 92 valence electrons.